The highest BCUT2D eigenvalue weighted by Crippen LogP contribution is 2.30. The summed E-state index contributed by atoms with van der Waals surface area (Å²) in [6.45, 7) is 9.43. The van der Waals surface area contributed by atoms with Crippen LogP contribution in [0.4, 0.5) is 0 Å². The summed E-state index contributed by atoms with van der Waals surface area (Å²) >= 11 is 0. The van der Waals surface area contributed by atoms with Crippen LogP contribution in [-0.2, 0) is 11.2 Å². The Labute approximate surface area is 160 Å². The molecule has 0 aliphatic carbocycles. The third-order valence-corrected chi connectivity index (χ3v) is 4.47. The molecule has 0 unspecified atom stereocenters. The number of hydrogen-bond donors (Lipinski definition) is 0. The van der Waals surface area contributed by atoms with E-state index in [4.69, 9.17) is 4.74 Å². The first-order valence-electron chi connectivity index (χ1n) is 9.21. The molecule has 1 heterocycles. The highest BCUT2D eigenvalue weighted by Gasteiger charge is 2.21. The summed E-state index contributed by atoms with van der Waals surface area (Å²) in [7, 11) is 1.60. The second-order valence-electron chi connectivity index (χ2n) is 6.33. The Hall–Kier alpha value is -2.88. The molecule has 0 radical (unpaired) electrons. The molecule has 0 N–H and O–H groups in total. The van der Waals surface area contributed by atoms with Crippen LogP contribution >= 0.6 is 0 Å². The Balaban J connectivity index is 0.00000126. The number of hydrogen-bond acceptors (Lipinski definition) is 3. The van der Waals surface area contributed by atoms with Crippen molar-refractivity contribution in [3.8, 4) is 5.75 Å². The highest BCUT2D eigenvalue weighted by molar-refractivity contribution is 6.05. The number of ketones is 1. The predicted molar refractivity (Wildman–Crippen MR) is 110 cm³/mol. The fourth-order valence-electron chi connectivity index (χ4n) is 3.15. The summed E-state index contributed by atoms with van der Waals surface area (Å²) in [5.74, 6) is 0.674. The SMILES string of the molecule is CC.COc1ccc2c(c1)c(CC(C)=O)c(C)n2C(=O)c1ccc(C)cc1. The van der Waals surface area contributed by atoms with E-state index in [9.17, 15) is 9.59 Å². The smallest absolute Gasteiger partial charge is 0.262 e. The quantitative estimate of drug-likeness (QED) is 0.645. The van der Waals surface area contributed by atoms with Crippen LogP contribution in [0.15, 0.2) is 42.5 Å². The van der Waals surface area contributed by atoms with E-state index in [-0.39, 0.29) is 11.7 Å². The Bertz CT molecular complexity index is 965. The summed E-state index contributed by atoms with van der Waals surface area (Å²) in [6.07, 6.45) is 0.295. The van der Waals surface area contributed by atoms with Gasteiger partial charge >= 0.3 is 0 Å². The van der Waals surface area contributed by atoms with Gasteiger partial charge in [0, 0.05) is 23.1 Å². The molecule has 0 saturated carbocycles. The van der Waals surface area contributed by atoms with Gasteiger partial charge in [0.25, 0.3) is 5.91 Å². The lowest BCUT2D eigenvalue weighted by atomic mass is 10.1. The number of aromatic nitrogens is 1. The molecule has 0 amide bonds. The van der Waals surface area contributed by atoms with Gasteiger partial charge in [-0.25, -0.2) is 0 Å². The third-order valence-electron chi connectivity index (χ3n) is 4.47. The first-order valence-corrected chi connectivity index (χ1v) is 9.21. The van der Waals surface area contributed by atoms with Gasteiger partial charge in [-0.15, -0.1) is 0 Å². The van der Waals surface area contributed by atoms with Crippen molar-refractivity contribution in [3.63, 3.8) is 0 Å². The van der Waals surface area contributed by atoms with Crippen LogP contribution < -0.4 is 4.74 Å². The number of carbonyl (C=O) groups is 2. The monoisotopic (exact) mass is 365 g/mol. The van der Waals surface area contributed by atoms with Gasteiger partial charge in [-0.1, -0.05) is 31.5 Å². The number of ether oxygens (including phenoxy) is 1. The normalized spacial score (nSPS) is 10.3. The molecule has 142 valence electrons. The van der Waals surface area contributed by atoms with Gasteiger partial charge in [0.1, 0.15) is 11.5 Å². The van der Waals surface area contributed by atoms with Gasteiger partial charge in [0.2, 0.25) is 0 Å². The van der Waals surface area contributed by atoms with E-state index in [1.807, 2.05) is 70.2 Å². The summed E-state index contributed by atoms with van der Waals surface area (Å²) in [5, 5.41) is 0.882. The van der Waals surface area contributed by atoms with Crippen molar-refractivity contribution < 1.29 is 14.3 Å². The van der Waals surface area contributed by atoms with Crippen molar-refractivity contribution in [2.45, 2.75) is 41.0 Å². The zero-order valence-electron chi connectivity index (χ0n) is 16.9. The number of aryl methyl sites for hydroxylation is 1. The van der Waals surface area contributed by atoms with Crippen LogP contribution in [0.3, 0.4) is 0 Å². The second-order valence-corrected chi connectivity index (χ2v) is 6.33. The molecule has 0 bridgehead atoms. The second kappa shape index (κ2) is 8.67. The van der Waals surface area contributed by atoms with Crippen molar-refractivity contribution in [2.75, 3.05) is 7.11 Å². The molecule has 0 spiro atoms. The van der Waals surface area contributed by atoms with Crippen molar-refractivity contribution in [2.24, 2.45) is 0 Å². The highest BCUT2D eigenvalue weighted by atomic mass is 16.5. The summed E-state index contributed by atoms with van der Waals surface area (Å²) in [6, 6.07) is 13.1. The van der Waals surface area contributed by atoms with E-state index in [0.29, 0.717) is 17.7 Å². The zero-order valence-corrected chi connectivity index (χ0v) is 16.9. The van der Waals surface area contributed by atoms with Gasteiger partial charge in [-0.2, -0.15) is 0 Å². The number of nitrogens with zero attached hydrogens (tertiary/aromatic N) is 1. The Kier molecular flexibility index (Phi) is 6.56. The molecule has 27 heavy (non-hydrogen) atoms. The lowest BCUT2D eigenvalue weighted by Gasteiger charge is -2.08. The maximum atomic E-state index is 13.1. The van der Waals surface area contributed by atoms with E-state index in [1.165, 1.54) is 0 Å². The number of rotatable bonds is 4. The molecule has 4 nitrogen and oxygen atoms in total. The predicted octanol–water partition coefficient (Wildman–Crippen LogP) is 5.11. The van der Waals surface area contributed by atoms with E-state index in [1.54, 1.807) is 18.6 Å². The van der Waals surface area contributed by atoms with Crippen LogP contribution in [0.5, 0.6) is 5.75 Å². The first-order chi connectivity index (χ1) is 12.9. The summed E-state index contributed by atoms with van der Waals surface area (Å²) in [5.41, 5.74) is 4.19. The topological polar surface area (TPSA) is 48.3 Å². The number of benzene rings is 2. The van der Waals surface area contributed by atoms with Crippen molar-refractivity contribution >= 4 is 22.6 Å². The van der Waals surface area contributed by atoms with Gasteiger partial charge in [-0.3, -0.25) is 14.2 Å². The maximum absolute atomic E-state index is 13.1. The van der Waals surface area contributed by atoms with Crippen molar-refractivity contribution in [1.82, 2.24) is 4.57 Å². The van der Waals surface area contributed by atoms with Gasteiger partial charge in [0.15, 0.2) is 0 Å². The van der Waals surface area contributed by atoms with Crippen LogP contribution in [0.25, 0.3) is 10.9 Å². The van der Waals surface area contributed by atoms with Crippen LogP contribution in [0.1, 0.15) is 48.0 Å². The standard InChI is InChI=1S/C21H21NO3.C2H6/c1-13-5-7-16(8-6-13)21(24)22-15(3)18(11-14(2)23)19-12-17(25-4)9-10-20(19)22;1-2/h5-10,12H,11H2,1-4H3;1-2H3. The van der Waals surface area contributed by atoms with Crippen LogP contribution in [-0.4, -0.2) is 23.4 Å². The van der Waals surface area contributed by atoms with E-state index < -0.39 is 0 Å². The molecule has 0 saturated heterocycles. The fourth-order valence-corrected chi connectivity index (χ4v) is 3.15. The molecule has 3 rings (SSSR count). The lowest BCUT2D eigenvalue weighted by Crippen LogP contribution is -2.14. The summed E-state index contributed by atoms with van der Waals surface area (Å²) in [4.78, 5) is 24.8. The molecule has 4 heteroatoms. The number of fused-ring (bicyclic) bond motifs is 1. The van der Waals surface area contributed by atoms with Crippen molar-refractivity contribution in [3.05, 3.63) is 64.8 Å². The Morgan fingerprint density at radius 1 is 1.00 bits per heavy atom. The number of Topliss-reactive ketones (excluding diaryl/α,β-unsaturated/α-hetero) is 1. The molecule has 2 aromatic carbocycles. The largest absolute Gasteiger partial charge is 0.497 e. The number of carbonyl (C=O) groups excluding carboxylic acids is 2. The average molecular weight is 365 g/mol. The fraction of sp³-hybridized carbons (Fsp3) is 0.304. The molecular weight excluding hydrogens is 338 g/mol. The van der Waals surface area contributed by atoms with Crippen LogP contribution in [0.2, 0.25) is 0 Å². The minimum Gasteiger partial charge on any atom is -0.497 e. The molecule has 3 aromatic rings. The first kappa shape index (κ1) is 20.4. The van der Waals surface area contributed by atoms with Gasteiger partial charge in [-0.05, 0) is 56.7 Å². The number of methoxy groups -OCH3 is 1. The Morgan fingerprint density at radius 2 is 1.63 bits per heavy atom. The molecule has 1 aromatic heterocycles. The third kappa shape index (κ3) is 4.11. The summed E-state index contributed by atoms with van der Waals surface area (Å²) < 4.78 is 7.00. The molecular formula is C23H27NO3. The van der Waals surface area contributed by atoms with E-state index in [2.05, 4.69) is 0 Å². The lowest BCUT2D eigenvalue weighted by molar-refractivity contribution is -0.116. The minimum atomic E-state index is -0.0949. The van der Waals surface area contributed by atoms with Gasteiger partial charge in [0.05, 0.1) is 12.6 Å². The maximum Gasteiger partial charge on any atom is 0.262 e. The van der Waals surface area contributed by atoms with E-state index >= 15 is 0 Å². The molecule has 0 aliphatic heterocycles. The van der Waals surface area contributed by atoms with E-state index in [0.717, 1.165) is 27.7 Å². The molecule has 0 fully saturated rings. The minimum absolute atomic E-state index is 0.0627. The van der Waals surface area contributed by atoms with Gasteiger partial charge < -0.3 is 4.74 Å². The Morgan fingerprint density at radius 3 is 2.19 bits per heavy atom. The average Bonchev–Trinajstić information content (AvgIpc) is 2.94. The van der Waals surface area contributed by atoms with Crippen molar-refractivity contribution in [1.29, 1.82) is 0 Å². The molecule has 0 aliphatic rings. The zero-order chi connectivity index (χ0) is 20.1. The van der Waals surface area contributed by atoms with Crippen LogP contribution in [0, 0.1) is 13.8 Å². The molecule has 0 atom stereocenters.